The highest BCUT2D eigenvalue weighted by Gasteiger charge is 2.33. The van der Waals surface area contributed by atoms with Crippen LogP contribution in [0.25, 0.3) is 32.6 Å². The summed E-state index contributed by atoms with van der Waals surface area (Å²) in [5.41, 5.74) is 4.21. The summed E-state index contributed by atoms with van der Waals surface area (Å²) in [6.07, 6.45) is -1.99. The molecule has 0 aliphatic carbocycles. The average Bonchev–Trinajstić information content (AvgIpc) is 3.46. The molecule has 0 atom stereocenters. The van der Waals surface area contributed by atoms with E-state index in [0.717, 1.165) is 28.4 Å². The topological polar surface area (TPSA) is 78.4 Å². The van der Waals surface area contributed by atoms with E-state index >= 15 is 0 Å². The van der Waals surface area contributed by atoms with E-state index in [-0.39, 0.29) is 5.01 Å². The van der Waals surface area contributed by atoms with Crippen LogP contribution in [0.2, 0.25) is 0 Å². The zero-order valence-electron chi connectivity index (χ0n) is 21.5. The number of thiazole rings is 1. The molecule has 0 aliphatic rings. The van der Waals surface area contributed by atoms with Crippen LogP contribution >= 0.6 is 27.3 Å². The minimum absolute atomic E-state index is 0.225. The third-order valence-corrected chi connectivity index (χ3v) is 7.92. The van der Waals surface area contributed by atoms with Crippen LogP contribution in [0, 0.1) is 0 Å². The Labute approximate surface area is 240 Å². The lowest BCUT2D eigenvalue weighted by Crippen LogP contribution is -2.03. The van der Waals surface area contributed by atoms with Crippen molar-refractivity contribution in [3.05, 3.63) is 75.8 Å². The molecule has 2 heterocycles. The van der Waals surface area contributed by atoms with Gasteiger partial charge >= 0.3 is 6.18 Å². The molecule has 206 valence electrons. The van der Waals surface area contributed by atoms with Crippen molar-refractivity contribution in [3.63, 3.8) is 0 Å². The van der Waals surface area contributed by atoms with E-state index in [1.54, 1.807) is 32.5 Å². The number of fused-ring (bicyclic) bond motifs is 1. The largest absolute Gasteiger partial charge is 0.497 e. The van der Waals surface area contributed by atoms with Crippen LogP contribution in [0.4, 0.5) is 18.9 Å². The number of benzene rings is 3. The van der Waals surface area contributed by atoms with Crippen molar-refractivity contribution in [1.29, 1.82) is 0 Å². The van der Waals surface area contributed by atoms with Crippen LogP contribution < -0.4 is 19.5 Å². The first-order valence-corrected chi connectivity index (χ1v) is 13.4. The lowest BCUT2D eigenvalue weighted by atomic mass is 9.98. The third-order valence-electron chi connectivity index (χ3n) is 6.22. The van der Waals surface area contributed by atoms with Gasteiger partial charge in [0.05, 0.1) is 49.4 Å². The molecule has 0 amide bonds. The predicted octanol–water partition coefficient (Wildman–Crippen LogP) is 7.84. The van der Waals surface area contributed by atoms with E-state index < -0.39 is 11.1 Å². The predicted molar refractivity (Wildman–Crippen MR) is 152 cm³/mol. The van der Waals surface area contributed by atoms with Gasteiger partial charge in [0.25, 0.3) is 0 Å². The summed E-state index contributed by atoms with van der Waals surface area (Å²) < 4.78 is 56.8. The van der Waals surface area contributed by atoms with Gasteiger partial charge in [-0.25, -0.2) is 4.98 Å². The number of alkyl halides is 3. The first-order chi connectivity index (χ1) is 19.2. The van der Waals surface area contributed by atoms with E-state index in [9.17, 15) is 13.2 Å². The molecule has 2 aromatic heterocycles. The summed E-state index contributed by atoms with van der Waals surface area (Å²) in [6, 6.07) is 14.7. The maximum Gasteiger partial charge on any atom is 0.427 e. The molecule has 0 unspecified atom stereocenters. The maximum absolute atomic E-state index is 13.3. The van der Waals surface area contributed by atoms with Crippen LogP contribution in [-0.4, -0.2) is 36.5 Å². The minimum Gasteiger partial charge on any atom is -0.497 e. The van der Waals surface area contributed by atoms with Gasteiger partial charge in [0.15, 0.2) is 0 Å². The SMILES string of the molecule is COc1ccc(CNc2cnnc3cc(-c4cc(Br)c(OC)cc4-c4ncc(C(F)(F)F)s4)ccc23)c(OC)c1. The van der Waals surface area contributed by atoms with Crippen LogP contribution in [0.5, 0.6) is 17.2 Å². The Morgan fingerprint density at radius 3 is 2.40 bits per heavy atom. The normalized spacial score (nSPS) is 11.5. The fourth-order valence-electron chi connectivity index (χ4n) is 4.21. The molecule has 0 radical (unpaired) electrons. The van der Waals surface area contributed by atoms with Crippen molar-refractivity contribution in [2.75, 3.05) is 26.6 Å². The second kappa shape index (κ2) is 11.3. The summed E-state index contributed by atoms with van der Waals surface area (Å²) in [6.45, 7) is 0.469. The van der Waals surface area contributed by atoms with Crippen molar-refractivity contribution < 1.29 is 27.4 Å². The number of halogens is 4. The highest BCUT2D eigenvalue weighted by Crippen LogP contribution is 2.44. The van der Waals surface area contributed by atoms with Gasteiger partial charge in [0.1, 0.15) is 27.1 Å². The maximum atomic E-state index is 13.3. The monoisotopic (exact) mass is 630 g/mol. The number of ether oxygens (including phenoxy) is 3. The van der Waals surface area contributed by atoms with Crippen molar-refractivity contribution >= 4 is 43.9 Å². The van der Waals surface area contributed by atoms with Gasteiger partial charge < -0.3 is 19.5 Å². The molecule has 0 saturated carbocycles. The van der Waals surface area contributed by atoms with E-state index in [2.05, 4.69) is 36.4 Å². The molecule has 12 heteroatoms. The molecular formula is C28H22BrF3N4O3S. The summed E-state index contributed by atoms with van der Waals surface area (Å²) in [7, 11) is 4.69. The second-order valence-electron chi connectivity index (χ2n) is 8.58. The lowest BCUT2D eigenvalue weighted by Gasteiger charge is -2.14. The molecule has 1 N–H and O–H groups in total. The molecule has 0 saturated heterocycles. The molecule has 5 rings (SSSR count). The van der Waals surface area contributed by atoms with Crippen molar-refractivity contribution in [2.24, 2.45) is 0 Å². The van der Waals surface area contributed by atoms with Gasteiger partial charge in [0.2, 0.25) is 0 Å². The Bertz CT molecular complexity index is 1690. The van der Waals surface area contributed by atoms with Crippen molar-refractivity contribution in [2.45, 2.75) is 12.7 Å². The number of nitrogens with one attached hydrogen (secondary N) is 1. The lowest BCUT2D eigenvalue weighted by molar-refractivity contribution is -0.134. The third kappa shape index (κ3) is 5.54. The fourth-order valence-corrected chi connectivity index (χ4v) is 5.53. The first kappa shape index (κ1) is 27.7. The number of anilines is 1. The summed E-state index contributed by atoms with van der Waals surface area (Å²) in [5.74, 6) is 1.86. The highest BCUT2D eigenvalue weighted by atomic mass is 79.9. The molecule has 0 bridgehead atoms. The zero-order chi connectivity index (χ0) is 28.4. The molecule has 0 spiro atoms. The first-order valence-electron chi connectivity index (χ1n) is 11.8. The van der Waals surface area contributed by atoms with E-state index in [1.165, 1.54) is 7.11 Å². The molecular weight excluding hydrogens is 609 g/mol. The number of methoxy groups -OCH3 is 3. The van der Waals surface area contributed by atoms with Crippen molar-refractivity contribution in [3.8, 4) is 38.9 Å². The quantitative estimate of drug-likeness (QED) is 0.187. The number of rotatable bonds is 8. The van der Waals surface area contributed by atoms with Gasteiger partial charge in [-0.1, -0.05) is 6.07 Å². The standard InChI is InChI=1S/C28H22BrF3N4O3S/c1-37-17-6-4-16(24(9-17)38-2)12-33-23-13-35-36-22-8-15(5-7-18(22)23)19-10-21(29)25(39-3)11-20(19)27-34-14-26(40-27)28(30,31)32/h4-11,13-14H,12H2,1-3H3,(H,33,36). The van der Waals surface area contributed by atoms with E-state index in [4.69, 9.17) is 14.2 Å². The van der Waals surface area contributed by atoms with Crippen LogP contribution in [-0.2, 0) is 12.7 Å². The fraction of sp³-hybridized carbons (Fsp3) is 0.179. The van der Waals surface area contributed by atoms with Gasteiger partial charge in [-0.05, 0) is 63.5 Å². The smallest absolute Gasteiger partial charge is 0.427 e. The Kier molecular flexibility index (Phi) is 7.81. The van der Waals surface area contributed by atoms with Crippen molar-refractivity contribution in [1.82, 2.24) is 15.2 Å². The Balaban J connectivity index is 1.52. The summed E-state index contributed by atoms with van der Waals surface area (Å²) in [4.78, 5) is 3.30. The molecule has 40 heavy (non-hydrogen) atoms. The molecule has 3 aromatic carbocycles. The highest BCUT2D eigenvalue weighted by molar-refractivity contribution is 9.10. The number of hydrogen-bond donors (Lipinski definition) is 1. The van der Waals surface area contributed by atoms with Crippen LogP contribution in [0.3, 0.4) is 0 Å². The van der Waals surface area contributed by atoms with Gasteiger partial charge in [-0.2, -0.15) is 23.4 Å². The van der Waals surface area contributed by atoms with E-state index in [1.807, 2.05) is 36.4 Å². The zero-order valence-corrected chi connectivity index (χ0v) is 23.9. The number of aromatic nitrogens is 3. The van der Waals surface area contributed by atoms with E-state index in [0.29, 0.717) is 56.2 Å². The van der Waals surface area contributed by atoms with Gasteiger partial charge in [0, 0.05) is 29.1 Å². The number of hydrogen-bond acceptors (Lipinski definition) is 8. The summed E-state index contributed by atoms with van der Waals surface area (Å²) in [5, 5.41) is 12.9. The van der Waals surface area contributed by atoms with Crippen LogP contribution in [0.1, 0.15) is 10.4 Å². The number of nitrogens with zero attached hydrogens (tertiary/aromatic N) is 3. The molecule has 5 aromatic rings. The Morgan fingerprint density at radius 2 is 1.70 bits per heavy atom. The van der Waals surface area contributed by atoms with Gasteiger partial charge in [-0.3, -0.25) is 0 Å². The molecule has 0 fully saturated rings. The minimum atomic E-state index is -4.48. The van der Waals surface area contributed by atoms with Gasteiger partial charge in [-0.15, -0.1) is 11.3 Å². The molecule has 7 nitrogen and oxygen atoms in total. The second-order valence-corrected chi connectivity index (χ2v) is 10.5. The Morgan fingerprint density at radius 1 is 0.900 bits per heavy atom. The summed E-state index contributed by atoms with van der Waals surface area (Å²) >= 11 is 4.07. The average molecular weight is 631 g/mol. The Hall–Kier alpha value is -3.90. The van der Waals surface area contributed by atoms with Crippen LogP contribution in [0.15, 0.2) is 65.4 Å². The molecule has 0 aliphatic heterocycles.